The van der Waals surface area contributed by atoms with Crippen LogP contribution in [0.2, 0.25) is 5.02 Å². The Morgan fingerprint density at radius 2 is 2.09 bits per heavy atom. The summed E-state index contributed by atoms with van der Waals surface area (Å²) < 4.78 is 8.20. The van der Waals surface area contributed by atoms with Crippen LogP contribution in [0.25, 0.3) is 33.1 Å². The molecule has 5 aromatic rings. The Morgan fingerprint density at radius 1 is 1.17 bits per heavy atom. The highest BCUT2D eigenvalue weighted by molar-refractivity contribution is 8.00. The predicted octanol–water partition coefficient (Wildman–Crippen LogP) is 6.45. The van der Waals surface area contributed by atoms with E-state index in [2.05, 4.69) is 45.3 Å². The number of hydrogen-bond donors (Lipinski definition) is 2. The number of H-pyrrole nitrogens is 1. The molecule has 0 aliphatic heterocycles. The summed E-state index contributed by atoms with van der Waals surface area (Å²) in [5, 5.41) is 12.6. The highest BCUT2D eigenvalue weighted by atomic mass is 35.5. The van der Waals surface area contributed by atoms with Crippen molar-refractivity contribution in [3.8, 4) is 16.9 Å². The van der Waals surface area contributed by atoms with Crippen LogP contribution in [0.3, 0.4) is 0 Å². The fourth-order valence-electron chi connectivity index (χ4n) is 4.35. The third-order valence-electron chi connectivity index (χ3n) is 6.17. The summed E-state index contributed by atoms with van der Waals surface area (Å²) in [5.74, 6) is 0.795. The maximum atomic E-state index is 9.19. The van der Waals surface area contributed by atoms with E-state index < -0.39 is 0 Å². The Labute approximate surface area is 212 Å². The van der Waals surface area contributed by atoms with Crippen molar-refractivity contribution in [3.05, 3.63) is 71.9 Å². The smallest absolute Gasteiger partial charge is 0.143 e. The average Bonchev–Trinajstić information content (AvgIpc) is 3.42. The Kier molecular flexibility index (Phi) is 6.14. The van der Waals surface area contributed by atoms with Gasteiger partial charge in [0, 0.05) is 39.9 Å². The lowest BCUT2D eigenvalue weighted by molar-refractivity contribution is 0.277. The number of nitrogens with one attached hydrogen (secondary N) is 1. The van der Waals surface area contributed by atoms with Crippen LogP contribution < -0.4 is 4.74 Å². The summed E-state index contributed by atoms with van der Waals surface area (Å²) in [6, 6.07) is 14.9. The van der Waals surface area contributed by atoms with E-state index in [0.717, 1.165) is 51.5 Å². The van der Waals surface area contributed by atoms with Crippen molar-refractivity contribution in [2.24, 2.45) is 0 Å². The molecule has 0 bridgehead atoms. The molecule has 1 aliphatic carbocycles. The minimum absolute atomic E-state index is 0.0472. The van der Waals surface area contributed by atoms with Gasteiger partial charge in [-0.25, -0.2) is 9.97 Å². The highest BCUT2D eigenvalue weighted by Gasteiger charge is 2.23. The lowest BCUT2D eigenvalue weighted by atomic mass is 9.99. The predicted molar refractivity (Wildman–Crippen MR) is 141 cm³/mol. The molecular weight excluding hydrogens is 480 g/mol. The number of aromatic amines is 1. The van der Waals surface area contributed by atoms with E-state index in [9.17, 15) is 5.11 Å². The third kappa shape index (κ3) is 4.76. The van der Waals surface area contributed by atoms with Crippen molar-refractivity contribution >= 4 is 45.3 Å². The average molecular weight is 505 g/mol. The van der Waals surface area contributed by atoms with Gasteiger partial charge in [0.2, 0.25) is 0 Å². The summed E-state index contributed by atoms with van der Waals surface area (Å²) >= 11 is 8.31. The molecule has 178 valence electrons. The van der Waals surface area contributed by atoms with Crippen LogP contribution in [-0.4, -0.2) is 36.5 Å². The second kappa shape index (κ2) is 9.57. The van der Waals surface area contributed by atoms with Gasteiger partial charge in [-0.2, -0.15) is 0 Å². The van der Waals surface area contributed by atoms with Crippen LogP contribution in [0.15, 0.2) is 66.1 Å². The number of aryl methyl sites for hydroxylation is 1. The van der Waals surface area contributed by atoms with Crippen molar-refractivity contribution in [1.82, 2.24) is 19.5 Å². The maximum Gasteiger partial charge on any atom is 0.143 e. The fourth-order valence-corrected chi connectivity index (χ4v) is 5.62. The highest BCUT2D eigenvalue weighted by Crippen LogP contribution is 2.43. The minimum atomic E-state index is -0.0472. The first-order valence-electron chi connectivity index (χ1n) is 11.8. The van der Waals surface area contributed by atoms with Crippen molar-refractivity contribution in [3.63, 3.8) is 0 Å². The van der Waals surface area contributed by atoms with Crippen LogP contribution >= 0.6 is 23.4 Å². The molecule has 35 heavy (non-hydrogen) atoms. The lowest BCUT2D eigenvalue weighted by Gasteiger charge is -2.12. The van der Waals surface area contributed by atoms with Gasteiger partial charge in [-0.05, 0) is 60.7 Å². The van der Waals surface area contributed by atoms with Gasteiger partial charge in [0.05, 0.1) is 35.8 Å². The summed E-state index contributed by atoms with van der Waals surface area (Å²) in [4.78, 5) is 13.5. The molecule has 1 saturated carbocycles. The number of ether oxygens (including phenoxy) is 1. The summed E-state index contributed by atoms with van der Waals surface area (Å²) in [6.07, 6.45) is 8.69. The zero-order chi connectivity index (χ0) is 23.8. The first-order chi connectivity index (χ1) is 17.2. The van der Waals surface area contributed by atoms with E-state index in [1.54, 1.807) is 12.5 Å². The number of aliphatic hydroxyl groups excluding tert-OH is 1. The molecule has 1 fully saturated rings. The molecule has 0 radical (unpaired) electrons. The van der Waals surface area contributed by atoms with Crippen molar-refractivity contribution in [2.75, 3.05) is 6.61 Å². The number of benzene rings is 2. The third-order valence-corrected chi connectivity index (χ3v) is 7.71. The molecule has 3 aromatic heterocycles. The van der Waals surface area contributed by atoms with E-state index >= 15 is 0 Å². The molecule has 0 atom stereocenters. The molecule has 2 aromatic carbocycles. The first-order valence-corrected chi connectivity index (χ1v) is 13.0. The molecule has 0 saturated heterocycles. The molecule has 6 nitrogen and oxygen atoms in total. The lowest BCUT2D eigenvalue weighted by Crippen LogP contribution is -2.03. The Morgan fingerprint density at radius 3 is 2.91 bits per heavy atom. The second-order valence-corrected chi connectivity index (χ2v) is 10.7. The monoisotopic (exact) mass is 504 g/mol. The van der Waals surface area contributed by atoms with Gasteiger partial charge < -0.3 is 19.4 Å². The Balaban J connectivity index is 1.32. The number of fused-ring (bicyclic) bond motifs is 3. The molecule has 2 N–H and O–H groups in total. The number of thioether (sulfide) groups is 1. The summed E-state index contributed by atoms with van der Waals surface area (Å²) in [5.41, 5.74) is 4.70. The molecule has 8 heteroatoms. The van der Waals surface area contributed by atoms with Crippen LogP contribution in [0.1, 0.15) is 25.0 Å². The van der Waals surface area contributed by atoms with Crippen molar-refractivity contribution in [1.29, 1.82) is 0 Å². The van der Waals surface area contributed by atoms with Gasteiger partial charge in [-0.3, -0.25) is 0 Å². The van der Waals surface area contributed by atoms with Crippen LogP contribution in [-0.2, 0) is 13.2 Å². The topological polar surface area (TPSA) is 76.0 Å². The zero-order valence-electron chi connectivity index (χ0n) is 19.1. The number of pyridine rings is 1. The first kappa shape index (κ1) is 22.5. The van der Waals surface area contributed by atoms with Crippen LogP contribution in [0.4, 0.5) is 0 Å². The number of aromatic nitrogens is 4. The maximum absolute atomic E-state index is 9.19. The quantitative estimate of drug-likeness (QED) is 0.226. The molecule has 0 amide bonds. The van der Waals surface area contributed by atoms with Gasteiger partial charge in [0.25, 0.3) is 0 Å². The molecule has 1 aliphatic rings. The number of imidazole rings is 1. The van der Waals surface area contributed by atoms with Crippen LogP contribution in [0.5, 0.6) is 5.75 Å². The number of rotatable bonds is 9. The minimum Gasteiger partial charge on any atom is -0.491 e. The molecule has 0 spiro atoms. The van der Waals surface area contributed by atoms with Gasteiger partial charge in [-0.1, -0.05) is 23.7 Å². The Hall–Kier alpha value is -3.00. The molecule has 6 rings (SSSR count). The molecule has 3 heterocycles. The Bertz CT molecular complexity index is 1510. The van der Waals surface area contributed by atoms with E-state index in [1.807, 2.05) is 34.7 Å². The summed E-state index contributed by atoms with van der Waals surface area (Å²) in [6.45, 7) is 1.27. The summed E-state index contributed by atoms with van der Waals surface area (Å²) in [7, 11) is 0. The van der Waals surface area contributed by atoms with Crippen molar-refractivity contribution < 1.29 is 9.84 Å². The SMILES string of the molecule is OCc1cn(CCCOc2ccc(-c3cccc(SC4CC4)c3)c3c2[nH]c2ncc(Cl)cc23)cn1. The van der Waals surface area contributed by atoms with Crippen molar-refractivity contribution in [2.45, 2.75) is 42.6 Å². The largest absolute Gasteiger partial charge is 0.491 e. The van der Waals surface area contributed by atoms with E-state index in [-0.39, 0.29) is 6.61 Å². The van der Waals surface area contributed by atoms with E-state index in [0.29, 0.717) is 17.3 Å². The second-order valence-electron chi connectivity index (χ2n) is 8.84. The van der Waals surface area contributed by atoms with Gasteiger partial charge in [0.15, 0.2) is 0 Å². The van der Waals surface area contributed by atoms with E-state index in [4.69, 9.17) is 16.3 Å². The molecular formula is C27H25ClN4O2S. The standard InChI is InChI=1S/C27H25ClN4O2S/c28-18-12-23-25-22(17-3-1-4-21(11-17)35-20-5-6-20)7-8-24(26(25)31-27(23)29-13-18)34-10-2-9-32-14-19(15-33)30-16-32/h1,3-4,7-8,11-14,16,20,33H,2,5-6,9-10,15H2,(H,29,31). The fraction of sp³-hybridized carbons (Fsp3) is 0.259. The van der Waals surface area contributed by atoms with E-state index in [1.165, 1.54) is 23.3 Å². The van der Waals surface area contributed by atoms with Gasteiger partial charge >= 0.3 is 0 Å². The number of aliphatic hydroxyl groups is 1. The number of nitrogens with zero attached hydrogens (tertiary/aromatic N) is 3. The van der Waals surface area contributed by atoms with Gasteiger partial charge in [-0.15, -0.1) is 11.8 Å². The number of halogens is 1. The van der Waals surface area contributed by atoms with Gasteiger partial charge in [0.1, 0.15) is 11.4 Å². The molecule has 0 unspecified atom stereocenters. The zero-order valence-corrected chi connectivity index (χ0v) is 20.6. The van der Waals surface area contributed by atoms with Crippen LogP contribution in [0, 0.1) is 0 Å². The normalized spacial score (nSPS) is 13.7. The number of hydrogen-bond acceptors (Lipinski definition) is 5.